The molecule has 1 N–H and O–H groups in total. The zero-order chi connectivity index (χ0) is 9.42. The van der Waals surface area contributed by atoms with Crippen LogP contribution < -0.4 is 0 Å². The first-order valence-electron chi connectivity index (χ1n) is 4.56. The van der Waals surface area contributed by atoms with Gasteiger partial charge in [-0.25, -0.2) is 0 Å². The monoisotopic (exact) mass is 216 g/mol. The number of thioether (sulfide) groups is 1. The standard InChI is InChI=1S/C10H13ClOS/c1-6-4-9(12)8-5-7(11)2-3-10(8)13-6/h2-3,5-6,8-10,12H,4H2,1H3/t6-,8+,9+,10-/m1/s1. The minimum atomic E-state index is -0.222. The number of allylic oxidation sites excluding steroid dienone is 2. The summed E-state index contributed by atoms with van der Waals surface area (Å²) in [5.74, 6) is 0.221. The van der Waals surface area contributed by atoms with Crippen molar-refractivity contribution in [3.05, 3.63) is 23.3 Å². The Kier molecular flexibility index (Phi) is 2.72. The molecule has 0 bridgehead atoms. The molecule has 1 heterocycles. The summed E-state index contributed by atoms with van der Waals surface area (Å²) in [5.41, 5.74) is 0. The van der Waals surface area contributed by atoms with Crippen LogP contribution in [0.4, 0.5) is 0 Å². The van der Waals surface area contributed by atoms with Crippen LogP contribution in [0.1, 0.15) is 13.3 Å². The van der Waals surface area contributed by atoms with Crippen molar-refractivity contribution in [3.8, 4) is 0 Å². The molecule has 0 radical (unpaired) electrons. The summed E-state index contributed by atoms with van der Waals surface area (Å²) in [5, 5.41) is 11.6. The van der Waals surface area contributed by atoms with Gasteiger partial charge in [0, 0.05) is 21.5 Å². The molecular weight excluding hydrogens is 204 g/mol. The maximum Gasteiger partial charge on any atom is 0.0627 e. The molecule has 2 aliphatic rings. The van der Waals surface area contributed by atoms with Crippen molar-refractivity contribution in [2.75, 3.05) is 0 Å². The molecular formula is C10H13ClOS. The summed E-state index contributed by atoms with van der Waals surface area (Å²) >= 11 is 7.82. The normalized spacial score (nSPS) is 44.1. The highest BCUT2D eigenvalue weighted by atomic mass is 35.5. The third-order valence-corrected chi connectivity index (χ3v) is 4.28. The molecule has 0 aromatic heterocycles. The molecule has 1 nitrogen and oxygen atoms in total. The van der Waals surface area contributed by atoms with Gasteiger partial charge in [0.2, 0.25) is 0 Å². The van der Waals surface area contributed by atoms with Crippen LogP contribution >= 0.6 is 23.4 Å². The van der Waals surface area contributed by atoms with Crippen molar-refractivity contribution < 1.29 is 5.11 Å². The van der Waals surface area contributed by atoms with Crippen molar-refractivity contribution in [1.82, 2.24) is 0 Å². The van der Waals surface area contributed by atoms with Crippen molar-refractivity contribution in [2.24, 2.45) is 5.92 Å². The first-order valence-corrected chi connectivity index (χ1v) is 5.88. The molecule has 13 heavy (non-hydrogen) atoms. The predicted octanol–water partition coefficient (Wildman–Crippen LogP) is 2.55. The third kappa shape index (κ3) is 1.95. The van der Waals surface area contributed by atoms with Crippen molar-refractivity contribution in [3.63, 3.8) is 0 Å². The lowest BCUT2D eigenvalue weighted by atomic mass is 9.91. The van der Waals surface area contributed by atoms with Crippen LogP contribution in [0.5, 0.6) is 0 Å². The van der Waals surface area contributed by atoms with Gasteiger partial charge in [0.15, 0.2) is 0 Å². The second-order valence-electron chi connectivity index (χ2n) is 3.70. The smallest absolute Gasteiger partial charge is 0.0627 e. The number of aliphatic hydroxyl groups is 1. The molecule has 0 unspecified atom stereocenters. The fourth-order valence-corrected chi connectivity index (χ4v) is 3.61. The highest BCUT2D eigenvalue weighted by Gasteiger charge is 2.34. The van der Waals surface area contributed by atoms with E-state index in [1.165, 1.54) is 0 Å². The largest absolute Gasteiger partial charge is 0.392 e. The average Bonchev–Trinajstić information content (AvgIpc) is 2.06. The van der Waals surface area contributed by atoms with Crippen LogP contribution in [0.3, 0.4) is 0 Å². The van der Waals surface area contributed by atoms with Crippen LogP contribution in [0.25, 0.3) is 0 Å². The first-order chi connectivity index (χ1) is 6.16. The summed E-state index contributed by atoms with van der Waals surface area (Å²) < 4.78 is 0. The fourth-order valence-electron chi connectivity index (χ4n) is 1.94. The number of aliphatic hydroxyl groups excluding tert-OH is 1. The molecule has 0 aromatic carbocycles. The van der Waals surface area contributed by atoms with Gasteiger partial charge >= 0.3 is 0 Å². The molecule has 0 spiro atoms. The maximum atomic E-state index is 9.84. The Bertz CT molecular complexity index is 262. The zero-order valence-electron chi connectivity index (χ0n) is 7.48. The minimum Gasteiger partial charge on any atom is -0.392 e. The van der Waals surface area contributed by atoms with Crippen LogP contribution in [0, 0.1) is 5.92 Å². The van der Waals surface area contributed by atoms with E-state index in [1.807, 2.05) is 23.9 Å². The molecule has 1 aliphatic carbocycles. The molecule has 0 amide bonds. The summed E-state index contributed by atoms with van der Waals surface area (Å²) in [6, 6.07) is 0. The number of fused-ring (bicyclic) bond motifs is 1. The van der Waals surface area contributed by atoms with Crippen LogP contribution in [0.2, 0.25) is 0 Å². The number of hydrogen-bond acceptors (Lipinski definition) is 2. The van der Waals surface area contributed by atoms with E-state index in [9.17, 15) is 5.11 Å². The van der Waals surface area contributed by atoms with Crippen LogP contribution in [-0.4, -0.2) is 21.7 Å². The molecule has 2 rings (SSSR count). The topological polar surface area (TPSA) is 20.2 Å². The lowest BCUT2D eigenvalue weighted by Crippen LogP contribution is -2.36. The Morgan fingerprint density at radius 3 is 3.15 bits per heavy atom. The molecule has 1 aliphatic heterocycles. The quantitative estimate of drug-likeness (QED) is 0.672. The molecule has 0 saturated carbocycles. The van der Waals surface area contributed by atoms with Gasteiger partial charge in [-0.15, -0.1) is 0 Å². The van der Waals surface area contributed by atoms with Gasteiger partial charge in [0.1, 0.15) is 0 Å². The summed E-state index contributed by atoms with van der Waals surface area (Å²) in [4.78, 5) is 0. The molecule has 3 heteroatoms. The lowest BCUT2D eigenvalue weighted by molar-refractivity contribution is 0.118. The Morgan fingerprint density at radius 1 is 1.62 bits per heavy atom. The van der Waals surface area contributed by atoms with Gasteiger partial charge in [-0.3, -0.25) is 0 Å². The third-order valence-electron chi connectivity index (χ3n) is 2.58. The van der Waals surface area contributed by atoms with Gasteiger partial charge in [0.05, 0.1) is 6.10 Å². The fraction of sp³-hybridized carbons (Fsp3) is 0.600. The lowest BCUT2D eigenvalue weighted by Gasteiger charge is -2.36. The second-order valence-corrected chi connectivity index (χ2v) is 5.76. The van der Waals surface area contributed by atoms with E-state index in [-0.39, 0.29) is 12.0 Å². The van der Waals surface area contributed by atoms with Gasteiger partial charge in [-0.1, -0.05) is 30.7 Å². The van der Waals surface area contributed by atoms with Gasteiger partial charge in [-0.2, -0.15) is 11.8 Å². The maximum absolute atomic E-state index is 9.84. The van der Waals surface area contributed by atoms with E-state index in [4.69, 9.17) is 11.6 Å². The summed E-state index contributed by atoms with van der Waals surface area (Å²) in [6.45, 7) is 2.16. The van der Waals surface area contributed by atoms with E-state index < -0.39 is 0 Å². The summed E-state index contributed by atoms with van der Waals surface area (Å²) in [6.07, 6.45) is 6.67. The highest BCUT2D eigenvalue weighted by molar-refractivity contribution is 8.00. The molecule has 0 aromatic rings. The second kappa shape index (κ2) is 3.68. The van der Waals surface area contributed by atoms with Crippen molar-refractivity contribution in [2.45, 2.75) is 29.9 Å². The van der Waals surface area contributed by atoms with E-state index in [0.717, 1.165) is 11.5 Å². The Balaban J connectivity index is 2.17. The Labute approximate surface area is 87.9 Å². The van der Waals surface area contributed by atoms with Gasteiger partial charge in [-0.05, 0) is 12.5 Å². The van der Waals surface area contributed by atoms with E-state index in [0.29, 0.717) is 10.5 Å². The molecule has 1 fully saturated rings. The van der Waals surface area contributed by atoms with Crippen LogP contribution in [0.15, 0.2) is 23.3 Å². The first kappa shape index (κ1) is 9.63. The van der Waals surface area contributed by atoms with E-state index in [2.05, 4.69) is 13.0 Å². The van der Waals surface area contributed by atoms with Gasteiger partial charge < -0.3 is 5.11 Å². The minimum absolute atomic E-state index is 0.221. The number of rotatable bonds is 0. The SMILES string of the molecule is C[C@@H]1C[C@H](O)[C@@H]2C=C(Cl)C=C[C@H]2S1. The summed E-state index contributed by atoms with van der Waals surface area (Å²) in [7, 11) is 0. The Morgan fingerprint density at radius 2 is 2.38 bits per heavy atom. The van der Waals surface area contributed by atoms with E-state index in [1.54, 1.807) is 0 Å². The van der Waals surface area contributed by atoms with Gasteiger partial charge in [0.25, 0.3) is 0 Å². The number of hydrogen-bond donors (Lipinski definition) is 1. The predicted molar refractivity (Wildman–Crippen MR) is 58.0 cm³/mol. The molecule has 4 atom stereocenters. The Hall–Kier alpha value is 0.0800. The molecule has 1 saturated heterocycles. The van der Waals surface area contributed by atoms with Crippen molar-refractivity contribution in [1.29, 1.82) is 0 Å². The highest BCUT2D eigenvalue weighted by Crippen LogP contribution is 2.40. The van der Waals surface area contributed by atoms with E-state index >= 15 is 0 Å². The average molecular weight is 217 g/mol. The molecule has 72 valence electrons. The van der Waals surface area contributed by atoms with Crippen LogP contribution in [-0.2, 0) is 0 Å². The zero-order valence-corrected chi connectivity index (χ0v) is 9.05. The van der Waals surface area contributed by atoms with Crippen molar-refractivity contribution >= 4 is 23.4 Å². The number of halogens is 1.